The van der Waals surface area contributed by atoms with Crippen LogP contribution in [0.4, 0.5) is 5.69 Å². The molecule has 3 heterocycles. The van der Waals surface area contributed by atoms with Crippen LogP contribution in [0.2, 0.25) is 0 Å². The van der Waals surface area contributed by atoms with E-state index in [-0.39, 0.29) is 23.8 Å². The molecular formula is C18H20BrN3O3. The maximum Gasteiger partial charge on any atom is 0.250 e. The topological polar surface area (TPSA) is 78.5 Å². The number of anilines is 1. The van der Waals surface area contributed by atoms with Crippen LogP contribution in [0.1, 0.15) is 33.3 Å². The molecule has 1 aromatic carbocycles. The van der Waals surface area contributed by atoms with Gasteiger partial charge in [0.05, 0.1) is 11.8 Å². The van der Waals surface area contributed by atoms with Gasteiger partial charge in [0, 0.05) is 27.3 Å². The van der Waals surface area contributed by atoms with Crippen molar-refractivity contribution in [3.63, 3.8) is 0 Å². The van der Waals surface area contributed by atoms with Crippen molar-refractivity contribution in [3.8, 4) is 0 Å². The number of rotatable bonds is 0. The van der Waals surface area contributed by atoms with E-state index in [0.717, 1.165) is 10.0 Å². The summed E-state index contributed by atoms with van der Waals surface area (Å²) in [5.41, 5.74) is -0.406. The highest BCUT2D eigenvalue weighted by Crippen LogP contribution is 2.54. The van der Waals surface area contributed by atoms with Crippen LogP contribution in [0.15, 0.2) is 22.7 Å². The van der Waals surface area contributed by atoms with Crippen molar-refractivity contribution in [2.45, 2.75) is 44.8 Å². The van der Waals surface area contributed by atoms with Crippen molar-refractivity contribution in [1.82, 2.24) is 10.2 Å². The molecule has 0 bridgehead atoms. The fourth-order valence-electron chi connectivity index (χ4n) is 4.60. The van der Waals surface area contributed by atoms with Crippen molar-refractivity contribution >= 4 is 39.3 Å². The van der Waals surface area contributed by atoms with E-state index in [2.05, 4.69) is 26.6 Å². The number of nitrogens with one attached hydrogen (secondary N) is 2. The number of amides is 3. The minimum absolute atomic E-state index is 0.198. The SMILES string of the molecule is CC1NC2(C(=O)Nc3ccc(Br)cc32)[C@@H]2C(=O)N(C(C)(C)C)C(=O)[C@H]12. The molecule has 25 heavy (non-hydrogen) atoms. The van der Waals surface area contributed by atoms with Crippen LogP contribution in [0, 0.1) is 11.8 Å². The first-order valence-corrected chi connectivity index (χ1v) is 9.15. The Morgan fingerprint density at radius 2 is 1.84 bits per heavy atom. The first-order chi connectivity index (χ1) is 11.6. The van der Waals surface area contributed by atoms with Gasteiger partial charge in [-0.3, -0.25) is 24.6 Å². The number of hydrogen-bond acceptors (Lipinski definition) is 4. The summed E-state index contributed by atoms with van der Waals surface area (Å²) in [6.45, 7) is 7.39. The number of benzene rings is 1. The molecule has 0 saturated carbocycles. The average molecular weight is 406 g/mol. The van der Waals surface area contributed by atoms with E-state index < -0.39 is 22.9 Å². The number of nitrogens with zero attached hydrogens (tertiary/aromatic N) is 1. The molecule has 2 N–H and O–H groups in total. The molecule has 3 aliphatic heterocycles. The summed E-state index contributed by atoms with van der Waals surface area (Å²) in [6, 6.07) is 5.24. The van der Waals surface area contributed by atoms with Crippen molar-refractivity contribution in [1.29, 1.82) is 0 Å². The Morgan fingerprint density at radius 3 is 2.48 bits per heavy atom. The van der Waals surface area contributed by atoms with Crippen molar-refractivity contribution in [3.05, 3.63) is 28.2 Å². The van der Waals surface area contributed by atoms with E-state index in [1.54, 1.807) is 0 Å². The van der Waals surface area contributed by atoms with Gasteiger partial charge in [0.25, 0.3) is 0 Å². The zero-order valence-corrected chi connectivity index (χ0v) is 16.1. The monoisotopic (exact) mass is 405 g/mol. The Hall–Kier alpha value is -1.73. The second-order valence-electron chi connectivity index (χ2n) is 8.07. The van der Waals surface area contributed by atoms with Gasteiger partial charge in [-0.15, -0.1) is 0 Å². The second-order valence-corrected chi connectivity index (χ2v) is 8.99. The maximum atomic E-state index is 13.3. The Labute approximate surface area is 154 Å². The first-order valence-electron chi connectivity index (χ1n) is 8.36. The Bertz CT molecular complexity index is 831. The van der Waals surface area contributed by atoms with E-state index >= 15 is 0 Å². The molecule has 1 aromatic rings. The zero-order valence-electron chi connectivity index (χ0n) is 14.5. The summed E-state index contributed by atoms with van der Waals surface area (Å²) in [4.78, 5) is 40.6. The van der Waals surface area contributed by atoms with Gasteiger partial charge in [0.2, 0.25) is 17.7 Å². The molecule has 4 atom stereocenters. The third kappa shape index (κ3) is 1.96. The second kappa shape index (κ2) is 4.92. The van der Waals surface area contributed by atoms with Crippen LogP contribution >= 0.6 is 15.9 Å². The lowest BCUT2D eigenvalue weighted by atomic mass is 9.76. The number of carbonyl (C=O) groups is 3. The quantitative estimate of drug-likeness (QED) is 0.646. The van der Waals surface area contributed by atoms with E-state index in [4.69, 9.17) is 0 Å². The van der Waals surface area contributed by atoms with E-state index in [1.807, 2.05) is 45.9 Å². The van der Waals surface area contributed by atoms with Crippen LogP contribution in [0.25, 0.3) is 0 Å². The maximum absolute atomic E-state index is 13.3. The van der Waals surface area contributed by atoms with Crippen LogP contribution in [-0.2, 0) is 19.9 Å². The first kappa shape index (κ1) is 16.7. The fourth-order valence-corrected chi connectivity index (χ4v) is 4.96. The lowest BCUT2D eigenvalue weighted by Gasteiger charge is -2.34. The van der Waals surface area contributed by atoms with Crippen molar-refractivity contribution < 1.29 is 14.4 Å². The molecule has 3 amide bonds. The normalized spacial score (nSPS) is 33.9. The molecule has 2 fully saturated rings. The van der Waals surface area contributed by atoms with Gasteiger partial charge in [-0.05, 0) is 45.9 Å². The summed E-state index contributed by atoms with van der Waals surface area (Å²) >= 11 is 3.44. The lowest BCUT2D eigenvalue weighted by Crippen LogP contribution is -2.55. The molecule has 0 radical (unpaired) electrons. The van der Waals surface area contributed by atoms with Crippen LogP contribution in [-0.4, -0.2) is 34.2 Å². The summed E-state index contributed by atoms with van der Waals surface area (Å²) in [5, 5.41) is 6.17. The number of fused-ring (bicyclic) bond motifs is 4. The summed E-state index contributed by atoms with van der Waals surface area (Å²) < 4.78 is 0.824. The van der Waals surface area contributed by atoms with Gasteiger partial charge in [-0.2, -0.15) is 0 Å². The zero-order chi connectivity index (χ0) is 18.3. The van der Waals surface area contributed by atoms with E-state index in [0.29, 0.717) is 5.69 Å². The number of halogens is 1. The number of hydrogen-bond donors (Lipinski definition) is 2. The smallest absolute Gasteiger partial charge is 0.250 e. The predicted molar refractivity (Wildman–Crippen MR) is 95.6 cm³/mol. The molecule has 0 aliphatic carbocycles. The van der Waals surface area contributed by atoms with Gasteiger partial charge in [-0.25, -0.2) is 0 Å². The van der Waals surface area contributed by atoms with Crippen molar-refractivity contribution in [2.24, 2.45) is 11.8 Å². The Balaban J connectivity index is 1.92. The third-order valence-corrected chi connectivity index (χ3v) is 5.99. The van der Waals surface area contributed by atoms with Gasteiger partial charge in [-0.1, -0.05) is 15.9 Å². The average Bonchev–Trinajstić information content (AvgIpc) is 3.04. The molecule has 2 saturated heterocycles. The summed E-state index contributed by atoms with van der Waals surface area (Å²) in [5.74, 6) is -2.01. The van der Waals surface area contributed by atoms with Crippen LogP contribution in [0.5, 0.6) is 0 Å². The number of imide groups is 1. The standard InChI is InChI=1S/C18H20BrN3O3/c1-8-12-13(15(24)22(14(12)23)17(2,3)4)18(21-8)10-7-9(19)5-6-11(10)20-16(18)25/h5-8,12-13,21H,1-4H3,(H,20,25)/t8?,12-,13+,18?/m1/s1. The number of likely N-dealkylation sites (tertiary alicyclic amines) is 1. The third-order valence-electron chi connectivity index (χ3n) is 5.50. The summed E-state index contributed by atoms with van der Waals surface area (Å²) in [6.07, 6.45) is 0. The van der Waals surface area contributed by atoms with Gasteiger partial charge >= 0.3 is 0 Å². The summed E-state index contributed by atoms with van der Waals surface area (Å²) in [7, 11) is 0. The highest BCUT2D eigenvalue weighted by Gasteiger charge is 2.70. The van der Waals surface area contributed by atoms with E-state index in [1.165, 1.54) is 4.90 Å². The molecule has 3 aliphatic rings. The fraction of sp³-hybridized carbons (Fsp3) is 0.500. The highest BCUT2D eigenvalue weighted by atomic mass is 79.9. The van der Waals surface area contributed by atoms with Crippen molar-refractivity contribution in [2.75, 3.05) is 5.32 Å². The molecule has 132 valence electrons. The highest BCUT2D eigenvalue weighted by molar-refractivity contribution is 9.10. The van der Waals surface area contributed by atoms with Crippen LogP contribution < -0.4 is 10.6 Å². The molecule has 2 unspecified atom stereocenters. The molecule has 4 rings (SSSR count). The molecule has 0 aromatic heterocycles. The predicted octanol–water partition coefficient (Wildman–Crippen LogP) is 1.99. The molecule has 1 spiro atoms. The molecular weight excluding hydrogens is 386 g/mol. The minimum atomic E-state index is -1.20. The van der Waals surface area contributed by atoms with Gasteiger partial charge in [0.15, 0.2) is 0 Å². The van der Waals surface area contributed by atoms with E-state index in [9.17, 15) is 14.4 Å². The Kier molecular flexibility index (Phi) is 3.29. The molecule has 6 nitrogen and oxygen atoms in total. The van der Waals surface area contributed by atoms with Gasteiger partial charge < -0.3 is 5.32 Å². The van der Waals surface area contributed by atoms with Crippen LogP contribution in [0.3, 0.4) is 0 Å². The lowest BCUT2D eigenvalue weighted by molar-refractivity contribution is -0.147. The largest absolute Gasteiger partial charge is 0.324 e. The molecule has 7 heteroatoms. The van der Waals surface area contributed by atoms with Gasteiger partial charge in [0.1, 0.15) is 5.54 Å². The Morgan fingerprint density at radius 1 is 1.16 bits per heavy atom. The number of carbonyl (C=O) groups excluding carboxylic acids is 3. The minimum Gasteiger partial charge on any atom is -0.324 e.